The Morgan fingerprint density at radius 3 is 2.39 bits per heavy atom. The molecule has 1 atom stereocenters. The van der Waals surface area contributed by atoms with Crippen LogP contribution in [0.3, 0.4) is 0 Å². The number of carbonyl (C=O) groups is 2. The molecule has 1 fully saturated rings. The Bertz CT molecular complexity index is 854. The van der Waals surface area contributed by atoms with Crippen molar-refractivity contribution in [2.24, 2.45) is 0 Å². The second-order valence-electron chi connectivity index (χ2n) is 7.20. The summed E-state index contributed by atoms with van der Waals surface area (Å²) in [5, 5.41) is 5.85. The van der Waals surface area contributed by atoms with Crippen molar-refractivity contribution in [3.63, 3.8) is 0 Å². The van der Waals surface area contributed by atoms with Gasteiger partial charge in [-0.3, -0.25) is 4.79 Å². The summed E-state index contributed by atoms with van der Waals surface area (Å²) in [6.45, 7) is 8.96. The summed E-state index contributed by atoms with van der Waals surface area (Å²) in [7, 11) is 0. The highest BCUT2D eigenvalue weighted by atomic mass is 16.5. The minimum absolute atomic E-state index is 0.00263. The summed E-state index contributed by atoms with van der Waals surface area (Å²) in [6.07, 6.45) is 0.284. The maximum Gasteiger partial charge on any atom is 0.319 e. The molecule has 0 bridgehead atoms. The molecule has 1 aliphatic rings. The summed E-state index contributed by atoms with van der Waals surface area (Å²) in [6, 6.07) is 11.0. The van der Waals surface area contributed by atoms with E-state index < -0.39 is 0 Å². The molecule has 1 saturated heterocycles. The van der Waals surface area contributed by atoms with Crippen LogP contribution in [0.1, 0.15) is 30.0 Å². The number of hydrogen-bond acceptors (Lipinski definition) is 3. The standard InChI is InChI=1S/C22H27N3O3/c1-5-28-19-8-6-18(7-9-19)25-13-17(12-20(25)26)23-22(27)24-21-15(3)10-14(2)11-16(21)4/h6-11,17H,5,12-13H2,1-4H3,(H2,23,24,27)/t17-/m1/s1. The minimum atomic E-state index is -0.290. The van der Waals surface area contributed by atoms with Gasteiger partial charge in [0, 0.05) is 24.3 Å². The van der Waals surface area contributed by atoms with Crippen LogP contribution < -0.4 is 20.3 Å². The van der Waals surface area contributed by atoms with Crippen LogP contribution in [0.15, 0.2) is 36.4 Å². The van der Waals surface area contributed by atoms with Crippen LogP contribution >= 0.6 is 0 Å². The lowest BCUT2D eigenvalue weighted by Gasteiger charge is -2.18. The van der Waals surface area contributed by atoms with Gasteiger partial charge < -0.3 is 20.3 Å². The zero-order chi connectivity index (χ0) is 20.3. The van der Waals surface area contributed by atoms with E-state index in [1.54, 1.807) is 4.90 Å². The quantitative estimate of drug-likeness (QED) is 0.824. The molecule has 28 heavy (non-hydrogen) atoms. The Balaban J connectivity index is 1.61. The van der Waals surface area contributed by atoms with Gasteiger partial charge >= 0.3 is 6.03 Å². The number of carbonyl (C=O) groups excluding carboxylic acids is 2. The van der Waals surface area contributed by atoms with Crippen LogP contribution in [0.5, 0.6) is 5.75 Å². The maximum absolute atomic E-state index is 12.5. The first-order valence-electron chi connectivity index (χ1n) is 9.56. The lowest BCUT2D eigenvalue weighted by molar-refractivity contribution is -0.117. The molecule has 2 aromatic rings. The molecule has 3 rings (SSSR count). The van der Waals surface area contributed by atoms with Crippen LogP contribution in [0.4, 0.5) is 16.2 Å². The normalized spacial score (nSPS) is 16.2. The first-order valence-corrected chi connectivity index (χ1v) is 9.56. The molecule has 0 radical (unpaired) electrons. The van der Waals surface area contributed by atoms with Crippen molar-refractivity contribution in [1.82, 2.24) is 5.32 Å². The van der Waals surface area contributed by atoms with E-state index in [1.165, 1.54) is 0 Å². The molecule has 2 aromatic carbocycles. The summed E-state index contributed by atoms with van der Waals surface area (Å²) >= 11 is 0. The average molecular weight is 381 g/mol. The average Bonchev–Trinajstić information content (AvgIpc) is 2.99. The van der Waals surface area contributed by atoms with Crippen molar-refractivity contribution in [2.75, 3.05) is 23.4 Å². The van der Waals surface area contributed by atoms with Gasteiger partial charge in [0.2, 0.25) is 5.91 Å². The summed E-state index contributed by atoms with van der Waals surface area (Å²) in [5.41, 5.74) is 4.82. The van der Waals surface area contributed by atoms with Crippen LogP contribution in [0.2, 0.25) is 0 Å². The van der Waals surface area contributed by atoms with E-state index in [-0.39, 0.29) is 24.4 Å². The third kappa shape index (κ3) is 4.44. The second kappa shape index (κ2) is 8.33. The number of anilines is 2. The van der Waals surface area contributed by atoms with Gasteiger partial charge in [0.05, 0.1) is 12.6 Å². The topological polar surface area (TPSA) is 70.7 Å². The molecule has 2 N–H and O–H groups in total. The van der Waals surface area contributed by atoms with Crippen molar-refractivity contribution in [3.05, 3.63) is 53.1 Å². The van der Waals surface area contributed by atoms with Crippen LogP contribution in [-0.2, 0) is 4.79 Å². The predicted molar refractivity (Wildman–Crippen MR) is 111 cm³/mol. The third-order valence-electron chi connectivity index (χ3n) is 4.84. The molecule has 0 spiro atoms. The van der Waals surface area contributed by atoms with Crippen molar-refractivity contribution in [1.29, 1.82) is 0 Å². The van der Waals surface area contributed by atoms with E-state index in [4.69, 9.17) is 4.74 Å². The molecule has 6 heteroatoms. The van der Waals surface area contributed by atoms with Gasteiger partial charge in [0.15, 0.2) is 0 Å². The van der Waals surface area contributed by atoms with Crippen LogP contribution in [0, 0.1) is 20.8 Å². The first-order chi connectivity index (χ1) is 13.4. The monoisotopic (exact) mass is 381 g/mol. The number of urea groups is 1. The molecule has 1 aliphatic heterocycles. The lowest BCUT2D eigenvalue weighted by atomic mass is 10.1. The first kappa shape index (κ1) is 19.7. The Morgan fingerprint density at radius 2 is 1.79 bits per heavy atom. The number of aryl methyl sites for hydroxylation is 3. The van der Waals surface area contributed by atoms with Gasteiger partial charge in [-0.2, -0.15) is 0 Å². The number of hydrogen-bond donors (Lipinski definition) is 2. The molecule has 0 aromatic heterocycles. The molecule has 0 unspecified atom stereocenters. The Morgan fingerprint density at radius 1 is 1.14 bits per heavy atom. The van der Waals surface area contributed by atoms with E-state index >= 15 is 0 Å². The largest absolute Gasteiger partial charge is 0.494 e. The van der Waals surface area contributed by atoms with E-state index in [9.17, 15) is 9.59 Å². The molecule has 6 nitrogen and oxygen atoms in total. The van der Waals surface area contributed by atoms with Crippen LogP contribution in [-0.4, -0.2) is 31.1 Å². The highest BCUT2D eigenvalue weighted by Gasteiger charge is 2.31. The van der Waals surface area contributed by atoms with Crippen molar-refractivity contribution in [2.45, 2.75) is 40.2 Å². The summed E-state index contributed by atoms with van der Waals surface area (Å²) in [4.78, 5) is 26.6. The van der Waals surface area contributed by atoms with Gasteiger partial charge in [-0.1, -0.05) is 17.7 Å². The van der Waals surface area contributed by atoms with E-state index in [1.807, 2.05) is 64.1 Å². The van der Waals surface area contributed by atoms with Gasteiger partial charge in [-0.25, -0.2) is 4.79 Å². The number of nitrogens with zero attached hydrogens (tertiary/aromatic N) is 1. The molecular formula is C22H27N3O3. The lowest BCUT2D eigenvalue weighted by Crippen LogP contribution is -2.40. The summed E-state index contributed by atoms with van der Waals surface area (Å²) in [5.74, 6) is 0.771. The molecular weight excluding hydrogens is 354 g/mol. The van der Waals surface area contributed by atoms with Gasteiger partial charge in [0.25, 0.3) is 0 Å². The second-order valence-corrected chi connectivity index (χ2v) is 7.20. The number of benzene rings is 2. The molecule has 3 amide bonds. The number of rotatable bonds is 5. The zero-order valence-electron chi connectivity index (χ0n) is 16.8. The van der Waals surface area contributed by atoms with E-state index in [2.05, 4.69) is 10.6 Å². The zero-order valence-corrected chi connectivity index (χ0v) is 16.8. The van der Waals surface area contributed by atoms with Crippen molar-refractivity contribution < 1.29 is 14.3 Å². The molecule has 148 valence electrons. The van der Waals surface area contributed by atoms with E-state index in [0.29, 0.717) is 13.2 Å². The SMILES string of the molecule is CCOc1ccc(N2C[C@H](NC(=O)Nc3c(C)cc(C)cc3C)CC2=O)cc1. The van der Waals surface area contributed by atoms with E-state index in [0.717, 1.165) is 33.8 Å². The predicted octanol–water partition coefficient (Wildman–Crippen LogP) is 3.94. The number of amides is 3. The Kier molecular flexibility index (Phi) is 5.87. The fraction of sp³-hybridized carbons (Fsp3) is 0.364. The fourth-order valence-electron chi connectivity index (χ4n) is 3.65. The Hall–Kier alpha value is -3.02. The molecule has 1 heterocycles. The minimum Gasteiger partial charge on any atom is -0.494 e. The number of ether oxygens (including phenoxy) is 1. The highest BCUT2D eigenvalue weighted by Crippen LogP contribution is 2.25. The third-order valence-corrected chi connectivity index (χ3v) is 4.84. The maximum atomic E-state index is 12.5. The van der Waals surface area contributed by atoms with Gasteiger partial charge in [-0.15, -0.1) is 0 Å². The fourth-order valence-corrected chi connectivity index (χ4v) is 3.65. The van der Waals surface area contributed by atoms with Crippen molar-refractivity contribution in [3.8, 4) is 5.75 Å². The molecule has 0 saturated carbocycles. The summed E-state index contributed by atoms with van der Waals surface area (Å²) < 4.78 is 5.44. The van der Waals surface area contributed by atoms with Crippen LogP contribution in [0.25, 0.3) is 0 Å². The van der Waals surface area contributed by atoms with Gasteiger partial charge in [0.1, 0.15) is 5.75 Å². The highest BCUT2D eigenvalue weighted by molar-refractivity contribution is 5.98. The van der Waals surface area contributed by atoms with Crippen molar-refractivity contribution >= 4 is 23.3 Å². The smallest absolute Gasteiger partial charge is 0.319 e. The molecule has 0 aliphatic carbocycles. The number of nitrogens with one attached hydrogen (secondary N) is 2. The van der Waals surface area contributed by atoms with Gasteiger partial charge in [-0.05, 0) is 63.1 Å². The Labute approximate surface area is 165 Å².